The molecule has 2 aromatic rings. The van der Waals surface area contributed by atoms with Gasteiger partial charge in [0.05, 0.1) is 13.1 Å². The van der Waals surface area contributed by atoms with E-state index in [9.17, 15) is 9.59 Å². The average Bonchev–Trinajstić information content (AvgIpc) is 3.01. The third-order valence-electron chi connectivity index (χ3n) is 5.61. The van der Waals surface area contributed by atoms with Crippen LogP contribution in [0.1, 0.15) is 50.2 Å². The van der Waals surface area contributed by atoms with E-state index in [0.29, 0.717) is 25.4 Å². The molecule has 1 saturated heterocycles. The summed E-state index contributed by atoms with van der Waals surface area (Å²) >= 11 is 0. The smallest absolute Gasteiger partial charge is 0.250 e. The van der Waals surface area contributed by atoms with Crippen LogP contribution in [0.2, 0.25) is 0 Å². The number of aliphatic imine (C=N–C) groups is 1. The van der Waals surface area contributed by atoms with Crippen molar-refractivity contribution in [1.29, 1.82) is 0 Å². The number of hydrogen-bond acceptors (Lipinski definition) is 3. The minimum Gasteiger partial charge on any atom is -0.357 e. The van der Waals surface area contributed by atoms with Crippen LogP contribution in [-0.2, 0) is 17.9 Å². The second-order valence-electron chi connectivity index (χ2n) is 8.15. The highest BCUT2D eigenvalue weighted by Gasteiger charge is 2.15. The molecule has 7 nitrogen and oxygen atoms in total. The van der Waals surface area contributed by atoms with Gasteiger partial charge in [0.2, 0.25) is 5.91 Å². The molecule has 2 N–H and O–H groups in total. The molecule has 32 heavy (non-hydrogen) atoms. The van der Waals surface area contributed by atoms with Crippen LogP contribution >= 0.6 is 0 Å². The molecule has 1 aromatic heterocycles. The summed E-state index contributed by atoms with van der Waals surface area (Å²) in [6.07, 6.45) is 6.70. The average molecular weight is 438 g/mol. The number of nitrogens with zero attached hydrogens (tertiary/aromatic N) is 3. The van der Waals surface area contributed by atoms with E-state index < -0.39 is 0 Å². The highest BCUT2D eigenvalue weighted by molar-refractivity contribution is 5.79. The molecule has 1 fully saturated rings. The van der Waals surface area contributed by atoms with E-state index >= 15 is 0 Å². The number of carbonyl (C=O) groups is 1. The summed E-state index contributed by atoms with van der Waals surface area (Å²) in [7, 11) is 0. The Morgan fingerprint density at radius 3 is 2.59 bits per heavy atom. The third kappa shape index (κ3) is 7.55. The van der Waals surface area contributed by atoms with Crippen molar-refractivity contribution in [2.45, 2.75) is 52.1 Å². The van der Waals surface area contributed by atoms with Crippen molar-refractivity contribution in [3.05, 3.63) is 70.1 Å². The lowest BCUT2D eigenvalue weighted by Crippen LogP contribution is -2.39. The molecule has 1 aliphatic rings. The van der Waals surface area contributed by atoms with Crippen LogP contribution in [0.5, 0.6) is 0 Å². The first-order valence-corrected chi connectivity index (χ1v) is 11.7. The molecule has 0 unspecified atom stereocenters. The van der Waals surface area contributed by atoms with Gasteiger partial charge in [0, 0.05) is 44.9 Å². The predicted molar refractivity (Wildman–Crippen MR) is 129 cm³/mol. The fraction of sp³-hybridized carbons (Fsp3) is 0.480. The lowest BCUT2D eigenvalue weighted by molar-refractivity contribution is -0.130. The van der Waals surface area contributed by atoms with Crippen molar-refractivity contribution >= 4 is 11.9 Å². The summed E-state index contributed by atoms with van der Waals surface area (Å²) < 4.78 is 1.69. The van der Waals surface area contributed by atoms with Crippen LogP contribution in [0.4, 0.5) is 0 Å². The number of amides is 1. The summed E-state index contributed by atoms with van der Waals surface area (Å²) in [6.45, 7) is 6.45. The van der Waals surface area contributed by atoms with Crippen molar-refractivity contribution in [2.75, 3.05) is 26.2 Å². The van der Waals surface area contributed by atoms with Gasteiger partial charge in [0.25, 0.3) is 5.56 Å². The van der Waals surface area contributed by atoms with Gasteiger partial charge in [-0.3, -0.25) is 9.59 Å². The Kier molecular flexibility index (Phi) is 9.35. The van der Waals surface area contributed by atoms with E-state index in [0.717, 1.165) is 68.9 Å². The van der Waals surface area contributed by atoms with Crippen LogP contribution < -0.4 is 16.2 Å². The summed E-state index contributed by atoms with van der Waals surface area (Å²) in [6, 6.07) is 13.4. The Bertz CT molecular complexity index is 936. The second kappa shape index (κ2) is 12.7. The normalized spacial score (nSPS) is 14.8. The number of pyridine rings is 1. The fourth-order valence-corrected chi connectivity index (χ4v) is 3.80. The Hall–Kier alpha value is -3.09. The SMILES string of the molecule is CCNC(=NCc1ccc(Cn2ccccc2=O)cc1)NCCCN1CCCCCC1=O. The number of aromatic nitrogens is 1. The minimum atomic E-state index is 0.00254. The lowest BCUT2D eigenvalue weighted by atomic mass is 10.1. The van der Waals surface area contributed by atoms with Crippen LogP contribution in [0.3, 0.4) is 0 Å². The topological polar surface area (TPSA) is 78.7 Å². The summed E-state index contributed by atoms with van der Waals surface area (Å²) in [5.41, 5.74) is 2.20. The molecule has 0 aliphatic carbocycles. The zero-order valence-electron chi connectivity index (χ0n) is 19.1. The molecule has 0 spiro atoms. The number of rotatable bonds is 9. The van der Waals surface area contributed by atoms with Gasteiger partial charge in [0.1, 0.15) is 0 Å². The monoisotopic (exact) mass is 437 g/mol. The van der Waals surface area contributed by atoms with Crippen molar-refractivity contribution in [2.24, 2.45) is 4.99 Å². The number of carbonyl (C=O) groups excluding carboxylic acids is 1. The van der Waals surface area contributed by atoms with Gasteiger partial charge < -0.3 is 20.1 Å². The van der Waals surface area contributed by atoms with E-state index in [-0.39, 0.29) is 5.56 Å². The Labute approximate surface area is 190 Å². The molecule has 2 heterocycles. The van der Waals surface area contributed by atoms with Crippen molar-refractivity contribution in [1.82, 2.24) is 20.1 Å². The van der Waals surface area contributed by atoms with Gasteiger partial charge in [-0.05, 0) is 43.4 Å². The lowest BCUT2D eigenvalue weighted by Gasteiger charge is -2.20. The quantitative estimate of drug-likeness (QED) is 0.359. The molecule has 3 rings (SSSR count). The zero-order valence-corrected chi connectivity index (χ0v) is 19.1. The third-order valence-corrected chi connectivity index (χ3v) is 5.61. The molecule has 7 heteroatoms. The predicted octanol–water partition coefficient (Wildman–Crippen LogP) is 2.74. The molecule has 0 saturated carbocycles. The molecule has 1 aliphatic heterocycles. The van der Waals surface area contributed by atoms with Crippen LogP contribution in [0, 0.1) is 0 Å². The molecular weight excluding hydrogens is 402 g/mol. The Morgan fingerprint density at radius 1 is 1.00 bits per heavy atom. The largest absolute Gasteiger partial charge is 0.357 e. The Morgan fingerprint density at radius 2 is 1.81 bits per heavy atom. The number of likely N-dealkylation sites (tertiary alicyclic amines) is 1. The van der Waals surface area contributed by atoms with E-state index in [1.165, 1.54) is 0 Å². The van der Waals surface area contributed by atoms with Gasteiger partial charge in [-0.2, -0.15) is 0 Å². The van der Waals surface area contributed by atoms with Gasteiger partial charge in [0.15, 0.2) is 5.96 Å². The first kappa shape index (κ1) is 23.6. The van der Waals surface area contributed by atoms with Crippen LogP contribution in [0.25, 0.3) is 0 Å². The maximum absolute atomic E-state index is 12.1. The first-order valence-electron chi connectivity index (χ1n) is 11.7. The molecule has 1 aromatic carbocycles. The standard InChI is InChI=1S/C25H35N5O2/c1-2-26-25(27-15-8-18-29-16-6-3-4-9-23(29)31)28-19-21-11-13-22(14-12-21)20-30-17-7-5-10-24(30)32/h5,7,10-14,17H,2-4,6,8-9,15-16,18-20H2,1H3,(H2,26,27,28). The number of hydrogen-bond donors (Lipinski definition) is 2. The van der Waals surface area contributed by atoms with Crippen LogP contribution in [-0.4, -0.2) is 47.5 Å². The van der Waals surface area contributed by atoms with Gasteiger partial charge in [-0.25, -0.2) is 4.99 Å². The van der Waals surface area contributed by atoms with Crippen molar-refractivity contribution in [3.63, 3.8) is 0 Å². The maximum Gasteiger partial charge on any atom is 0.250 e. The van der Waals surface area contributed by atoms with Gasteiger partial charge >= 0.3 is 0 Å². The Balaban J connectivity index is 1.47. The molecule has 0 bridgehead atoms. The summed E-state index contributed by atoms with van der Waals surface area (Å²) in [5.74, 6) is 1.08. The number of benzene rings is 1. The summed E-state index contributed by atoms with van der Waals surface area (Å²) in [5, 5.41) is 6.65. The molecule has 172 valence electrons. The van der Waals surface area contributed by atoms with Crippen molar-refractivity contribution in [3.8, 4) is 0 Å². The van der Waals surface area contributed by atoms with Crippen LogP contribution in [0.15, 0.2) is 58.4 Å². The van der Waals surface area contributed by atoms with E-state index in [2.05, 4.69) is 27.8 Å². The van der Waals surface area contributed by atoms with E-state index in [1.807, 2.05) is 30.0 Å². The maximum atomic E-state index is 12.1. The van der Waals surface area contributed by atoms with E-state index in [1.54, 1.807) is 22.9 Å². The number of nitrogens with one attached hydrogen (secondary N) is 2. The number of guanidine groups is 1. The highest BCUT2D eigenvalue weighted by atomic mass is 16.2. The van der Waals surface area contributed by atoms with E-state index in [4.69, 9.17) is 0 Å². The van der Waals surface area contributed by atoms with Gasteiger partial charge in [-0.1, -0.05) is 36.8 Å². The second-order valence-corrected chi connectivity index (χ2v) is 8.15. The molecule has 0 atom stereocenters. The fourth-order valence-electron chi connectivity index (χ4n) is 3.80. The van der Waals surface area contributed by atoms with Gasteiger partial charge in [-0.15, -0.1) is 0 Å². The molecule has 0 radical (unpaired) electrons. The minimum absolute atomic E-state index is 0.00254. The first-order chi connectivity index (χ1) is 15.7. The zero-order chi connectivity index (χ0) is 22.6. The molecule has 1 amide bonds. The van der Waals surface area contributed by atoms with Crippen molar-refractivity contribution < 1.29 is 4.79 Å². The molecular formula is C25H35N5O2. The summed E-state index contributed by atoms with van der Waals surface area (Å²) in [4.78, 5) is 30.7. The highest BCUT2D eigenvalue weighted by Crippen LogP contribution is 2.11.